The first-order valence-electron chi connectivity index (χ1n) is 4.85. The van der Waals surface area contributed by atoms with E-state index in [1.807, 2.05) is 13.8 Å². The fraction of sp³-hybridized carbons (Fsp3) is 0.636. The van der Waals surface area contributed by atoms with Crippen molar-refractivity contribution in [3.8, 4) is 0 Å². The maximum atomic E-state index is 11.5. The van der Waals surface area contributed by atoms with E-state index in [0.29, 0.717) is 6.29 Å². The molecule has 0 unspecified atom stereocenters. The van der Waals surface area contributed by atoms with Crippen LogP contribution < -0.4 is 0 Å². The number of carbonyl (C=O) groups is 2. The summed E-state index contributed by atoms with van der Waals surface area (Å²) in [5.74, 6) is -0.129. The second-order valence-electron chi connectivity index (χ2n) is 3.95. The van der Waals surface area contributed by atoms with Gasteiger partial charge >= 0.3 is 0 Å². The molecular weight excluding hydrogens is 178 g/mol. The Morgan fingerprint density at radius 2 is 2.00 bits per heavy atom. The summed E-state index contributed by atoms with van der Waals surface area (Å²) in [7, 11) is 1.76. The number of nitrogens with zero attached hydrogens (tertiary/aromatic N) is 1. The second-order valence-corrected chi connectivity index (χ2v) is 3.95. The zero-order chi connectivity index (χ0) is 11.2. The predicted octanol–water partition coefficient (Wildman–Crippen LogP) is 1.78. The molecule has 3 heteroatoms. The topological polar surface area (TPSA) is 37.4 Å². The summed E-state index contributed by atoms with van der Waals surface area (Å²) in [6.45, 7) is 6.12. The van der Waals surface area contributed by atoms with Crippen molar-refractivity contribution in [3.63, 3.8) is 0 Å². The second kappa shape index (κ2) is 5.58. The molecule has 0 saturated carbocycles. The minimum absolute atomic E-state index is 0.129. The summed E-state index contributed by atoms with van der Waals surface area (Å²) in [5, 5.41) is 0. The summed E-state index contributed by atoms with van der Waals surface area (Å²) in [5.41, 5.74) is -0.154. The number of aldehydes is 1. The van der Waals surface area contributed by atoms with Gasteiger partial charge in [0.1, 0.15) is 6.29 Å². The van der Waals surface area contributed by atoms with E-state index < -0.39 is 0 Å². The van der Waals surface area contributed by atoms with Crippen molar-refractivity contribution in [1.82, 2.24) is 4.90 Å². The van der Waals surface area contributed by atoms with E-state index in [1.165, 1.54) is 12.2 Å². The summed E-state index contributed by atoms with van der Waals surface area (Å²) >= 11 is 0. The van der Waals surface area contributed by atoms with Gasteiger partial charge in [-0.2, -0.15) is 0 Å². The molecule has 1 amide bonds. The molecular formula is C11H19NO2. The Kier molecular flexibility index (Phi) is 5.13. The molecule has 0 saturated heterocycles. The van der Waals surface area contributed by atoms with Crippen LogP contribution in [-0.2, 0) is 9.59 Å². The third kappa shape index (κ3) is 3.73. The normalized spacial score (nSPS) is 11.7. The predicted molar refractivity (Wildman–Crippen MR) is 57.0 cm³/mol. The van der Waals surface area contributed by atoms with Gasteiger partial charge in [-0.25, -0.2) is 0 Å². The summed E-state index contributed by atoms with van der Waals surface area (Å²) in [6, 6.07) is 0. The number of likely N-dealkylation sites (N-methyl/N-ethyl adjacent to an activating group) is 1. The fourth-order valence-corrected chi connectivity index (χ4v) is 1.31. The first kappa shape index (κ1) is 12.9. The Morgan fingerprint density at radius 3 is 2.43 bits per heavy atom. The van der Waals surface area contributed by atoms with E-state index in [0.717, 1.165) is 12.8 Å². The molecule has 14 heavy (non-hydrogen) atoms. The highest BCUT2D eigenvalue weighted by atomic mass is 16.2. The van der Waals surface area contributed by atoms with E-state index in [4.69, 9.17) is 0 Å². The standard InChI is InChI=1S/C11H19NO2/c1-5-8-11(2,3)12(4)10(14)7-6-9-13/h6-7,9H,5,8H2,1-4H3/b7-6-. The van der Waals surface area contributed by atoms with Gasteiger partial charge in [-0.15, -0.1) is 0 Å². The molecule has 0 rings (SSSR count). The largest absolute Gasteiger partial charge is 0.337 e. The minimum Gasteiger partial charge on any atom is -0.337 e. The van der Waals surface area contributed by atoms with Crippen molar-refractivity contribution in [2.75, 3.05) is 7.05 Å². The minimum atomic E-state index is -0.154. The van der Waals surface area contributed by atoms with Gasteiger partial charge in [0.2, 0.25) is 5.91 Å². The average molecular weight is 197 g/mol. The Morgan fingerprint density at radius 1 is 1.43 bits per heavy atom. The van der Waals surface area contributed by atoms with Crippen LogP contribution in [0.1, 0.15) is 33.6 Å². The highest BCUT2D eigenvalue weighted by molar-refractivity contribution is 5.91. The van der Waals surface area contributed by atoms with E-state index >= 15 is 0 Å². The zero-order valence-electron chi connectivity index (χ0n) is 9.41. The lowest BCUT2D eigenvalue weighted by atomic mass is 9.97. The van der Waals surface area contributed by atoms with Gasteiger partial charge in [0.05, 0.1) is 0 Å². The molecule has 0 heterocycles. The number of allylic oxidation sites excluding steroid dienone is 1. The molecule has 0 aliphatic carbocycles. The molecule has 0 aromatic heterocycles. The average Bonchev–Trinajstić information content (AvgIpc) is 2.12. The molecule has 0 bridgehead atoms. The van der Waals surface area contributed by atoms with E-state index in [9.17, 15) is 9.59 Å². The Balaban J connectivity index is 4.43. The van der Waals surface area contributed by atoms with Crippen LogP contribution in [0.15, 0.2) is 12.2 Å². The Hall–Kier alpha value is -1.12. The van der Waals surface area contributed by atoms with Crippen LogP contribution in [0.25, 0.3) is 0 Å². The Labute approximate surface area is 85.8 Å². The quantitative estimate of drug-likeness (QED) is 0.497. The zero-order valence-corrected chi connectivity index (χ0v) is 9.41. The smallest absolute Gasteiger partial charge is 0.246 e. The summed E-state index contributed by atoms with van der Waals surface area (Å²) in [4.78, 5) is 23.2. The first-order valence-corrected chi connectivity index (χ1v) is 4.85. The van der Waals surface area contributed by atoms with Crippen molar-refractivity contribution < 1.29 is 9.59 Å². The van der Waals surface area contributed by atoms with Crippen LogP contribution in [0.5, 0.6) is 0 Å². The number of rotatable bonds is 5. The number of hydrogen-bond donors (Lipinski definition) is 0. The molecule has 0 fully saturated rings. The molecule has 3 nitrogen and oxygen atoms in total. The van der Waals surface area contributed by atoms with Crippen molar-refractivity contribution >= 4 is 12.2 Å². The molecule has 0 aliphatic heterocycles. The lowest BCUT2D eigenvalue weighted by molar-refractivity contribution is -0.129. The van der Waals surface area contributed by atoms with E-state index in [-0.39, 0.29) is 11.4 Å². The number of amides is 1. The molecule has 0 atom stereocenters. The van der Waals surface area contributed by atoms with Crippen LogP contribution in [0.4, 0.5) is 0 Å². The highest BCUT2D eigenvalue weighted by Crippen LogP contribution is 2.18. The third-order valence-electron chi connectivity index (χ3n) is 2.42. The van der Waals surface area contributed by atoms with Crippen molar-refractivity contribution in [3.05, 3.63) is 12.2 Å². The van der Waals surface area contributed by atoms with Gasteiger partial charge in [-0.1, -0.05) is 13.3 Å². The van der Waals surface area contributed by atoms with Crippen molar-refractivity contribution in [2.24, 2.45) is 0 Å². The van der Waals surface area contributed by atoms with Crippen LogP contribution in [0.2, 0.25) is 0 Å². The van der Waals surface area contributed by atoms with Gasteiger partial charge in [0.15, 0.2) is 0 Å². The maximum absolute atomic E-state index is 11.5. The number of hydrogen-bond acceptors (Lipinski definition) is 2. The monoisotopic (exact) mass is 197 g/mol. The molecule has 0 aromatic rings. The van der Waals surface area contributed by atoms with Crippen LogP contribution in [0.3, 0.4) is 0 Å². The van der Waals surface area contributed by atoms with Crippen LogP contribution >= 0.6 is 0 Å². The van der Waals surface area contributed by atoms with Crippen molar-refractivity contribution in [1.29, 1.82) is 0 Å². The lowest BCUT2D eigenvalue weighted by Gasteiger charge is -2.34. The van der Waals surface area contributed by atoms with E-state index in [1.54, 1.807) is 11.9 Å². The molecule has 0 N–H and O–H groups in total. The third-order valence-corrected chi connectivity index (χ3v) is 2.42. The van der Waals surface area contributed by atoms with Gasteiger partial charge < -0.3 is 4.90 Å². The molecule has 80 valence electrons. The molecule has 0 spiro atoms. The van der Waals surface area contributed by atoms with Gasteiger partial charge in [-0.05, 0) is 26.3 Å². The SMILES string of the molecule is CCCC(C)(C)N(C)C(=O)/C=C\C=O. The van der Waals surface area contributed by atoms with Gasteiger partial charge in [0.25, 0.3) is 0 Å². The van der Waals surface area contributed by atoms with Crippen LogP contribution in [0, 0.1) is 0 Å². The lowest BCUT2D eigenvalue weighted by Crippen LogP contribution is -2.44. The van der Waals surface area contributed by atoms with E-state index in [2.05, 4.69) is 6.92 Å². The summed E-state index contributed by atoms with van der Waals surface area (Å²) < 4.78 is 0. The molecule has 0 aromatic carbocycles. The van der Waals surface area contributed by atoms with Crippen molar-refractivity contribution in [2.45, 2.75) is 39.2 Å². The first-order chi connectivity index (χ1) is 6.45. The highest BCUT2D eigenvalue weighted by Gasteiger charge is 2.24. The van der Waals surface area contributed by atoms with Gasteiger partial charge in [-0.3, -0.25) is 9.59 Å². The molecule has 0 radical (unpaired) electrons. The molecule has 0 aliphatic rings. The van der Waals surface area contributed by atoms with Gasteiger partial charge in [0, 0.05) is 18.7 Å². The summed E-state index contributed by atoms with van der Waals surface area (Å²) in [6.07, 6.45) is 5.11. The van der Waals surface area contributed by atoms with Crippen LogP contribution in [-0.4, -0.2) is 29.7 Å². The maximum Gasteiger partial charge on any atom is 0.246 e. The Bertz CT molecular complexity index is 231. The fourth-order valence-electron chi connectivity index (χ4n) is 1.31. The number of carbonyl (C=O) groups excluding carboxylic acids is 2.